The highest BCUT2D eigenvalue weighted by molar-refractivity contribution is 5.79. The van der Waals surface area contributed by atoms with Gasteiger partial charge in [0.2, 0.25) is 0 Å². The molecule has 0 saturated carbocycles. The average molecular weight is 183 g/mol. The Bertz CT molecular complexity index is 193. The maximum Gasteiger partial charge on any atom is 0.139 e. The topological polar surface area (TPSA) is 70.6 Å². The zero-order valence-electron chi connectivity index (χ0n) is 7.74. The molecule has 0 amide bonds. The Labute approximate surface area is 78.5 Å². The monoisotopic (exact) mass is 183 g/mol. The standard InChI is InChI=1S/C9H17N3O/c10-9(12-13)6-3-7-11-8-4-1-2-5-8/h1-2,8,11,13H,3-7H2,(H2,10,12). The van der Waals surface area contributed by atoms with Gasteiger partial charge in [0.15, 0.2) is 0 Å². The maximum absolute atomic E-state index is 8.28. The molecule has 74 valence electrons. The lowest BCUT2D eigenvalue weighted by atomic mass is 10.2. The van der Waals surface area contributed by atoms with Gasteiger partial charge in [-0.3, -0.25) is 0 Å². The predicted molar refractivity (Wildman–Crippen MR) is 52.8 cm³/mol. The van der Waals surface area contributed by atoms with Gasteiger partial charge in [-0.1, -0.05) is 17.3 Å². The fourth-order valence-electron chi connectivity index (χ4n) is 1.41. The second-order valence-corrected chi connectivity index (χ2v) is 3.29. The van der Waals surface area contributed by atoms with Crippen LogP contribution in [0.1, 0.15) is 25.7 Å². The Morgan fingerprint density at radius 3 is 2.85 bits per heavy atom. The summed E-state index contributed by atoms with van der Waals surface area (Å²) < 4.78 is 0. The number of rotatable bonds is 5. The van der Waals surface area contributed by atoms with Crippen LogP contribution < -0.4 is 11.1 Å². The summed E-state index contributed by atoms with van der Waals surface area (Å²) >= 11 is 0. The first-order chi connectivity index (χ1) is 6.33. The Morgan fingerprint density at radius 2 is 2.23 bits per heavy atom. The van der Waals surface area contributed by atoms with Gasteiger partial charge in [-0.05, 0) is 25.8 Å². The molecule has 0 fully saturated rings. The smallest absolute Gasteiger partial charge is 0.139 e. The van der Waals surface area contributed by atoms with E-state index < -0.39 is 0 Å². The normalized spacial score (nSPS) is 18.3. The molecule has 0 heterocycles. The lowest BCUT2D eigenvalue weighted by Crippen LogP contribution is -2.28. The van der Waals surface area contributed by atoms with Gasteiger partial charge in [-0.15, -0.1) is 0 Å². The second kappa shape index (κ2) is 5.59. The van der Waals surface area contributed by atoms with Crippen molar-refractivity contribution in [1.29, 1.82) is 0 Å². The summed E-state index contributed by atoms with van der Waals surface area (Å²) in [5.74, 6) is 0.311. The van der Waals surface area contributed by atoms with Crippen molar-refractivity contribution in [3.05, 3.63) is 12.2 Å². The summed E-state index contributed by atoms with van der Waals surface area (Å²) in [6.45, 7) is 0.933. The molecular formula is C9H17N3O. The third kappa shape index (κ3) is 3.94. The zero-order chi connectivity index (χ0) is 9.52. The molecule has 4 heteroatoms. The number of nitrogens with two attached hydrogens (primary N) is 1. The Morgan fingerprint density at radius 1 is 1.54 bits per heavy atom. The second-order valence-electron chi connectivity index (χ2n) is 3.29. The van der Waals surface area contributed by atoms with E-state index in [1.54, 1.807) is 0 Å². The molecule has 1 rings (SSSR count). The van der Waals surface area contributed by atoms with Crippen molar-refractivity contribution >= 4 is 5.84 Å². The van der Waals surface area contributed by atoms with Gasteiger partial charge in [-0.2, -0.15) is 0 Å². The summed E-state index contributed by atoms with van der Waals surface area (Å²) in [6, 6.07) is 0.604. The summed E-state index contributed by atoms with van der Waals surface area (Å²) in [7, 11) is 0. The number of hydrogen-bond acceptors (Lipinski definition) is 3. The number of nitrogens with one attached hydrogen (secondary N) is 1. The molecule has 0 aliphatic heterocycles. The van der Waals surface area contributed by atoms with Crippen molar-refractivity contribution in [2.24, 2.45) is 10.9 Å². The molecule has 4 nitrogen and oxygen atoms in total. The van der Waals surface area contributed by atoms with E-state index in [0.717, 1.165) is 25.8 Å². The SMILES string of the molecule is N/C(CCCNC1CC=CC1)=N/O. The average Bonchev–Trinajstić information content (AvgIpc) is 2.64. The van der Waals surface area contributed by atoms with Crippen LogP contribution in [-0.2, 0) is 0 Å². The van der Waals surface area contributed by atoms with Crippen molar-refractivity contribution in [1.82, 2.24) is 5.32 Å². The fraction of sp³-hybridized carbons (Fsp3) is 0.667. The lowest BCUT2D eigenvalue weighted by Gasteiger charge is -2.10. The van der Waals surface area contributed by atoms with Crippen LogP contribution in [-0.4, -0.2) is 23.6 Å². The molecule has 0 atom stereocenters. The molecule has 0 radical (unpaired) electrons. The first kappa shape index (κ1) is 10.1. The van der Waals surface area contributed by atoms with Gasteiger partial charge in [-0.25, -0.2) is 0 Å². The van der Waals surface area contributed by atoms with Crippen LogP contribution in [0.25, 0.3) is 0 Å². The highest BCUT2D eigenvalue weighted by Gasteiger charge is 2.07. The van der Waals surface area contributed by atoms with Crippen molar-refractivity contribution in [2.45, 2.75) is 31.7 Å². The van der Waals surface area contributed by atoms with Crippen molar-refractivity contribution < 1.29 is 5.21 Å². The largest absolute Gasteiger partial charge is 0.409 e. The van der Waals surface area contributed by atoms with Crippen LogP contribution in [0.4, 0.5) is 0 Å². The molecule has 0 saturated heterocycles. The molecule has 0 unspecified atom stereocenters. The van der Waals surface area contributed by atoms with E-state index in [1.165, 1.54) is 0 Å². The molecule has 0 aromatic rings. The highest BCUT2D eigenvalue weighted by Crippen LogP contribution is 2.08. The predicted octanol–water partition coefficient (Wildman–Crippen LogP) is 0.821. The molecule has 1 aliphatic rings. The van der Waals surface area contributed by atoms with Gasteiger partial charge in [0.05, 0.1) is 0 Å². The van der Waals surface area contributed by atoms with Crippen molar-refractivity contribution in [3.63, 3.8) is 0 Å². The van der Waals surface area contributed by atoms with Crippen LogP contribution in [0.5, 0.6) is 0 Å². The summed E-state index contributed by atoms with van der Waals surface area (Å²) in [5, 5.41) is 14.6. The Balaban J connectivity index is 1.95. The fourth-order valence-corrected chi connectivity index (χ4v) is 1.41. The third-order valence-electron chi connectivity index (χ3n) is 2.18. The van der Waals surface area contributed by atoms with Crippen LogP contribution in [0.15, 0.2) is 17.3 Å². The minimum absolute atomic E-state index is 0.311. The molecule has 0 aromatic heterocycles. The van der Waals surface area contributed by atoms with E-state index in [4.69, 9.17) is 10.9 Å². The molecule has 4 N–H and O–H groups in total. The van der Waals surface area contributed by atoms with Gasteiger partial charge < -0.3 is 16.3 Å². The Kier molecular flexibility index (Phi) is 4.32. The quantitative estimate of drug-likeness (QED) is 0.148. The zero-order valence-corrected chi connectivity index (χ0v) is 7.74. The molecular weight excluding hydrogens is 166 g/mol. The minimum atomic E-state index is 0.311. The van der Waals surface area contributed by atoms with Crippen molar-refractivity contribution in [3.8, 4) is 0 Å². The Hall–Kier alpha value is -1.03. The number of oxime groups is 1. The third-order valence-corrected chi connectivity index (χ3v) is 2.18. The van der Waals surface area contributed by atoms with Gasteiger partial charge in [0.25, 0.3) is 0 Å². The van der Waals surface area contributed by atoms with Crippen molar-refractivity contribution in [2.75, 3.05) is 6.54 Å². The maximum atomic E-state index is 8.28. The number of amidine groups is 1. The van der Waals surface area contributed by atoms with Crippen LogP contribution in [0.3, 0.4) is 0 Å². The van der Waals surface area contributed by atoms with E-state index in [0.29, 0.717) is 18.3 Å². The van der Waals surface area contributed by atoms with Crippen LogP contribution in [0.2, 0.25) is 0 Å². The molecule has 0 bridgehead atoms. The van der Waals surface area contributed by atoms with E-state index in [2.05, 4.69) is 22.6 Å². The molecule has 1 aliphatic carbocycles. The van der Waals surface area contributed by atoms with Crippen LogP contribution >= 0.6 is 0 Å². The van der Waals surface area contributed by atoms with E-state index in [9.17, 15) is 0 Å². The van der Waals surface area contributed by atoms with Crippen LogP contribution in [0, 0.1) is 0 Å². The highest BCUT2D eigenvalue weighted by atomic mass is 16.4. The van der Waals surface area contributed by atoms with E-state index >= 15 is 0 Å². The summed E-state index contributed by atoms with van der Waals surface area (Å²) in [5.41, 5.74) is 5.33. The molecule has 0 spiro atoms. The van der Waals surface area contributed by atoms with Gasteiger partial charge >= 0.3 is 0 Å². The lowest BCUT2D eigenvalue weighted by molar-refractivity contribution is 0.316. The summed E-state index contributed by atoms with van der Waals surface area (Å²) in [4.78, 5) is 0. The molecule has 0 aromatic carbocycles. The first-order valence-corrected chi connectivity index (χ1v) is 4.67. The summed E-state index contributed by atoms with van der Waals surface area (Å²) in [6.07, 6.45) is 8.23. The molecule has 13 heavy (non-hydrogen) atoms. The van der Waals surface area contributed by atoms with E-state index in [1.807, 2.05) is 0 Å². The van der Waals surface area contributed by atoms with E-state index in [-0.39, 0.29) is 0 Å². The van der Waals surface area contributed by atoms with Gasteiger partial charge in [0.1, 0.15) is 5.84 Å². The number of nitrogens with zero attached hydrogens (tertiary/aromatic N) is 1. The number of hydrogen-bond donors (Lipinski definition) is 3. The first-order valence-electron chi connectivity index (χ1n) is 4.67. The minimum Gasteiger partial charge on any atom is -0.409 e. The van der Waals surface area contributed by atoms with Gasteiger partial charge in [0, 0.05) is 12.5 Å².